The summed E-state index contributed by atoms with van der Waals surface area (Å²) in [4.78, 5) is 4.27. The Labute approximate surface area is 126 Å². The Hall–Kier alpha value is -2.53. The molecule has 3 aromatic rings. The second-order valence-corrected chi connectivity index (χ2v) is 4.81. The minimum absolute atomic E-state index is 0.199. The fourth-order valence-corrected chi connectivity index (χ4v) is 1.86. The van der Waals surface area contributed by atoms with E-state index in [1.807, 2.05) is 12.1 Å². The van der Waals surface area contributed by atoms with Gasteiger partial charge in [-0.05, 0) is 48.5 Å². The number of nitrogens with zero attached hydrogens (tertiary/aromatic N) is 2. The lowest BCUT2D eigenvalue weighted by Crippen LogP contribution is -1.96. The number of aromatic nitrogens is 2. The highest BCUT2D eigenvalue weighted by Crippen LogP contribution is 2.19. The van der Waals surface area contributed by atoms with E-state index in [-0.39, 0.29) is 6.61 Å². The van der Waals surface area contributed by atoms with Crippen molar-refractivity contribution in [2.75, 3.05) is 5.73 Å². The van der Waals surface area contributed by atoms with E-state index in [0.717, 1.165) is 5.56 Å². The van der Waals surface area contributed by atoms with Gasteiger partial charge in [0.25, 0.3) is 5.89 Å². The van der Waals surface area contributed by atoms with Crippen molar-refractivity contribution in [1.82, 2.24) is 10.1 Å². The van der Waals surface area contributed by atoms with Crippen molar-refractivity contribution in [2.45, 2.75) is 6.61 Å². The lowest BCUT2D eigenvalue weighted by atomic mass is 10.2. The molecule has 2 N–H and O–H groups in total. The summed E-state index contributed by atoms with van der Waals surface area (Å²) >= 11 is 5.84. The molecule has 0 saturated carbocycles. The number of anilines is 1. The van der Waals surface area contributed by atoms with Gasteiger partial charge in [0, 0.05) is 16.3 Å². The van der Waals surface area contributed by atoms with Gasteiger partial charge in [0.1, 0.15) is 5.75 Å². The number of hydrogen-bond donors (Lipinski definition) is 1. The molecule has 3 rings (SSSR count). The molecule has 0 amide bonds. The molecule has 0 aliphatic heterocycles. The molecule has 6 heteroatoms. The van der Waals surface area contributed by atoms with Crippen molar-refractivity contribution in [3.05, 3.63) is 59.4 Å². The average Bonchev–Trinajstić information content (AvgIpc) is 2.96. The summed E-state index contributed by atoms with van der Waals surface area (Å²) < 4.78 is 10.7. The highest BCUT2D eigenvalue weighted by atomic mass is 35.5. The summed E-state index contributed by atoms with van der Waals surface area (Å²) in [6, 6.07) is 14.3. The highest BCUT2D eigenvalue weighted by Gasteiger charge is 2.09. The summed E-state index contributed by atoms with van der Waals surface area (Å²) in [5.74, 6) is 1.59. The first-order chi connectivity index (χ1) is 10.2. The normalized spacial score (nSPS) is 10.5. The van der Waals surface area contributed by atoms with E-state index in [9.17, 15) is 0 Å². The molecule has 0 aliphatic rings. The zero-order chi connectivity index (χ0) is 14.7. The van der Waals surface area contributed by atoms with Gasteiger partial charge in [-0.1, -0.05) is 16.8 Å². The Bertz CT molecular complexity index is 723. The Morgan fingerprint density at radius 1 is 1.05 bits per heavy atom. The van der Waals surface area contributed by atoms with E-state index in [2.05, 4.69) is 10.1 Å². The zero-order valence-corrected chi connectivity index (χ0v) is 11.7. The van der Waals surface area contributed by atoms with Crippen LogP contribution >= 0.6 is 11.6 Å². The number of nitrogens with two attached hydrogens (primary N) is 1. The molecule has 2 aromatic carbocycles. The van der Waals surface area contributed by atoms with Gasteiger partial charge >= 0.3 is 0 Å². The second kappa shape index (κ2) is 5.85. The standard InChI is InChI=1S/C15H12ClN3O2/c16-11-3-1-10(2-4-11)15-18-14(21-19-15)9-20-13-7-5-12(17)6-8-13/h1-8H,9,17H2. The van der Waals surface area contributed by atoms with Crippen LogP contribution in [0.5, 0.6) is 5.75 Å². The van der Waals surface area contributed by atoms with E-state index >= 15 is 0 Å². The van der Waals surface area contributed by atoms with E-state index < -0.39 is 0 Å². The predicted molar refractivity (Wildman–Crippen MR) is 79.9 cm³/mol. The third-order valence-corrected chi connectivity index (χ3v) is 3.06. The molecule has 0 bridgehead atoms. The van der Waals surface area contributed by atoms with Crippen LogP contribution in [0.25, 0.3) is 11.4 Å². The fourth-order valence-electron chi connectivity index (χ4n) is 1.74. The second-order valence-electron chi connectivity index (χ2n) is 4.38. The SMILES string of the molecule is Nc1ccc(OCc2nc(-c3ccc(Cl)cc3)no2)cc1. The van der Waals surface area contributed by atoms with Crippen molar-refractivity contribution < 1.29 is 9.26 Å². The molecule has 0 unspecified atom stereocenters. The number of nitrogen functional groups attached to an aromatic ring is 1. The maximum atomic E-state index is 5.84. The molecule has 0 fully saturated rings. The Morgan fingerprint density at radius 3 is 2.48 bits per heavy atom. The molecule has 0 aliphatic carbocycles. The van der Waals surface area contributed by atoms with Crippen LogP contribution < -0.4 is 10.5 Å². The van der Waals surface area contributed by atoms with Crippen LogP contribution in [0.15, 0.2) is 53.1 Å². The van der Waals surface area contributed by atoms with Gasteiger partial charge in [0.15, 0.2) is 6.61 Å². The number of ether oxygens (including phenoxy) is 1. The molecule has 0 spiro atoms. The third kappa shape index (κ3) is 3.32. The van der Waals surface area contributed by atoms with Gasteiger partial charge in [-0.2, -0.15) is 4.98 Å². The summed E-state index contributed by atoms with van der Waals surface area (Å²) in [6.45, 7) is 0.199. The minimum atomic E-state index is 0.199. The smallest absolute Gasteiger partial charge is 0.264 e. The van der Waals surface area contributed by atoms with Crippen LogP contribution in [0.1, 0.15) is 5.89 Å². The van der Waals surface area contributed by atoms with Gasteiger partial charge in [0.05, 0.1) is 0 Å². The van der Waals surface area contributed by atoms with Crippen LogP contribution in [-0.2, 0) is 6.61 Å². The maximum Gasteiger partial charge on any atom is 0.264 e. The molecular formula is C15H12ClN3O2. The van der Waals surface area contributed by atoms with E-state index in [4.69, 9.17) is 26.6 Å². The zero-order valence-electron chi connectivity index (χ0n) is 11.0. The van der Waals surface area contributed by atoms with Crippen LogP contribution in [0, 0.1) is 0 Å². The summed E-state index contributed by atoms with van der Waals surface area (Å²) in [6.07, 6.45) is 0. The molecule has 1 heterocycles. The number of halogens is 1. The Kier molecular flexibility index (Phi) is 3.75. The number of rotatable bonds is 4. The monoisotopic (exact) mass is 301 g/mol. The molecule has 0 radical (unpaired) electrons. The first kappa shape index (κ1) is 13.5. The molecular weight excluding hydrogens is 290 g/mol. The lowest BCUT2D eigenvalue weighted by Gasteiger charge is -2.02. The van der Waals surface area contributed by atoms with Gasteiger partial charge in [-0.25, -0.2) is 0 Å². The van der Waals surface area contributed by atoms with Gasteiger partial charge in [0.2, 0.25) is 5.82 Å². The van der Waals surface area contributed by atoms with Crippen molar-refractivity contribution >= 4 is 17.3 Å². The Balaban J connectivity index is 1.67. The topological polar surface area (TPSA) is 74.2 Å². The van der Waals surface area contributed by atoms with Crippen LogP contribution in [0.2, 0.25) is 5.02 Å². The molecule has 0 atom stereocenters. The summed E-state index contributed by atoms with van der Waals surface area (Å²) in [5.41, 5.74) is 7.13. The molecule has 21 heavy (non-hydrogen) atoms. The largest absolute Gasteiger partial charge is 0.484 e. The van der Waals surface area contributed by atoms with Gasteiger partial charge in [-0.3, -0.25) is 0 Å². The van der Waals surface area contributed by atoms with Gasteiger partial charge < -0.3 is 15.0 Å². The molecule has 106 valence electrons. The summed E-state index contributed by atoms with van der Waals surface area (Å²) in [5, 5.41) is 4.57. The van der Waals surface area contributed by atoms with Crippen molar-refractivity contribution in [2.24, 2.45) is 0 Å². The van der Waals surface area contributed by atoms with Gasteiger partial charge in [-0.15, -0.1) is 0 Å². The van der Waals surface area contributed by atoms with E-state index in [1.54, 1.807) is 36.4 Å². The average molecular weight is 302 g/mol. The summed E-state index contributed by atoms with van der Waals surface area (Å²) in [7, 11) is 0. The highest BCUT2D eigenvalue weighted by molar-refractivity contribution is 6.30. The van der Waals surface area contributed by atoms with Crippen molar-refractivity contribution in [1.29, 1.82) is 0 Å². The van der Waals surface area contributed by atoms with Crippen molar-refractivity contribution in [3.63, 3.8) is 0 Å². The third-order valence-electron chi connectivity index (χ3n) is 2.81. The molecule has 5 nitrogen and oxygen atoms in total. The van der Waals surface area contributed by atoms with E-state index in [1.165, 1.54) is 0 Å². The first-order valence-electron chi connectivity index (χ1n) is 6.27. The first-order valence-corrected chi connectivity index (χ1v) is 6.65. The molecule has 0 saturated heterocycles. The quantitative estimate of drug-likeness (QED) is 0.746. The van der Waals surface area contributed by atoms with Crippen LogP contribution in [0.4, 0.5) is 5.69 Å². The Morgan fingerprint density at radius 2 is 1.76 bits per heavy atom. The van der Waals surface area contributed by atoms with Crippen molar-refractivity contribution in [3.8, 4) is 17.1 Å². The fraction of sp³-hybridized carbons (Fsp3) is 0.0667. The van der Waals surface area contributed by atoms with E-state index in [0.29, 0.717) is 28.2 Å². The number of hydrogen-bond acceptors (Lipinski definition) is 5. The van der Waals surface area contributed by atoms with Crippen LogP contribution in [0.3, 0.4) is 0 Å². The molecule has 1 aromatic heterocycles. The lowest BCUT2D eigenvalue weighted by molar-refractivity contribution is 0.243. The minimum Gasteiger partial charge on any atom is -0.484 e. The predicted octanol–water partition coefficient (Wildman–Crippen LogP) is 3.55. The number of benzene rings is 2. The maximum absolute atomic E-state index is 5.84. The van der Waals surface area contributed by atoms with Crippen LogP contribution in [-0.4, -0.2) is 10.1 Å².